The van der Waals surface area contributed by atoms with Crippen molar-refractivity contribution in [3.8, 4) is 26.3 Å². The highest BCUT2D eigenvalue weighted by atomic mass is 32.1. The Balaban J connectivity index is 1.43. The van der Waals surface area contributed by atoms with Crippen molar-refractivity contribution in [2.45, 2.75) is 26.2 Å². The highest BCUT2D eigenvalue weighted by molar-refractivity contribution is 7.24. The molecule has 0 fully saturated rings. The largest absolute Gasteiger partial charge is 0.477 e. The average Bonchev–Trinajstić information content (AvgIpc) is 3.63. The van der Waals surface area contributed by atoms with Crippen molar-refractivity contribution in [1.82, 2.24) is 0 Å². The number of carboxylic acids is 1. The van der Waals surface area contributed by atoms with Crippen LogP contribution in [0.25, 0.3) is 26.3 Å². The molecule has 0 radical (unpaired) electrons. The third-order valence-electron chi connectivity index (χ3n) is 6.60. The van der Waals surface area contributed by atoms with E-state index in [1.54, 1.807) is 29.5 Å². The number of nitrogens with zero attached hydrogens (tertiary/aromatic N) is 2. The van der Waals surface area contributed by atoms with Gasteiger partial charge in [0.15, 0.2) is 0 Å². The minimum Gasteiger partial charge on any atom is -0.477 e. The number of halogens is 1. The Hall–Kier alpha value is -4.51. The number of carbonyl (C=O) groups is 1. The van der Waals surface area contributed by atoms with E-state index in [9.17, 15) is 9.18 Å². The molecule has 204 valence electrons. The number of benzene rings is 3. The molecule has 0 saturated heterocycles. The number of rotatable bonds is 7. The van der Waals surface area contributed by atoms with Crippen LogP contribution in [0.15, 0.2) is 103 Å². The van der Waals surface area contributed by atoms with E-state index in [4.69, 9.17) is 10.4 Å². The van der Waals surface area contributed by atoms with Gasteiger partial charge in [-0.15, -0.1) is 22.7 Å². The zero-order chi connectivity index (χ0) is 29.1. The van der Waals surface area contributed by atoms with Crippen LogP contribution in [0.1, 0.15) is 31.2 Å². The molecule has 0 saturated carbocycles. The molecule has 7 heteroatoms. The van der Waals surface area contributed by atoms with Crippen LogP contribution in [0.4, 0.5) is 21.5 Å². The van der Waals surface area contributed by atoms with Crippen molar-refractivity contribution in [2.75, 3.05) is 4.90 Å². The van der Waals surface area contributed by atoms with Crippen molar-refractivity contribution in [3.63, 3.8) is 0 Å². The monoisotopic (exact) mass is 578 g/mol. The summed E-state index contributed by atoms with van der Waals surface area (Å²) in [5.41, 5.74) is 4.88. The standard InChI is InChI=1S/C34H27FN2O2S2/c1-34(2,3)24-6-12-27(13-7-24)37(28-14-8-25(35)9-15-28)26-10-4-22(5-11-26)30-18-19-32(41-30)31-17-16-29(40-31)20-23(21-36)33(38)39/h4-20H,1-3H3,(H,38,39)/b23-20-. The fourth-order valence-corrected chi connectivity index (χ4v) is 6.45. The molecule has 0 unspecified atom stereocenters. The van der Waals surface area contributed by atoms with Gasteiger partial charge in [-0.2, -0.15) is 5.26 Å². The number of aliphatic carboxylic acids is 1. The number of carboxylic acid groups (broad SMARTS) is 1. The van der Waals surface area contributed by atoms with Gasteiger partial charge in [0.25, 0.3) is 0 Å². The van der Waals surface area contributed by atoms with Crippen molar-refractivity contribution in [3.05, 3.63) is 119 Å². The van der Waals surface area contributed by atoms with Crippen molar-refractivity contribution >= 4 is 51.8 Å². The summed E-state index contributed by atoms with van der Waals surface area (Å²) in [6, 6.07) is 32.9. The Labute approximate surface area is 246 Å². The topological polar surface area (TPSA) is 64.3 Å². The van der Waals surface area contributed by atoms with E-state index < -0.39 is 5.97 Å². The first kappa shape index (κ1) is 28.0. The van der Waals surface area contributed by atoms with Gasteiger partial charge in [-0.05, 0) is 95.4 Å². The van der Waals surface area contributed by atoms with E-state index in [1.807, 2.05) is 12.1 Å². The Morgan fingerprint density at radius 1 is 0.780 bits per heavy atom. The molecular formula is C34H27FN2O2S2. The van der Waals surface area contributed by atoms with Gasteiger partial charge >= 0.3 is 5.97 Å². The molecule has 4 nitrogen and oxygen atoms in total. The smallest absolute Gasteiger partial charge is 0.346 e. The molecule has 2 aromatic heterocycles. The first-order valence-electron chi connectivity index (χ1n) is 12.9. The quantitative estimate of drug-likeness (QED) is 0.154. The van der Waals surface area contributed by atoms with E-state index >= 15 is 0 Å². The summed E-state index contributed by atoms with van der Waals surface area (Å²) in [5, 5.41) is 18.2. The van der Waals surface area contributed by atoms with Crippen LogP contribution in [0.5, 0.6) is 0 Å². The molecule has 2 heterocycles. The van der Waals surface area contributed by atoms with Crippen molar-refractivity contribution in [1.29, 1.82) is 5.26 Å². The zero-order valence-corrected chi connectivity index (χ0v) is 24.4. The lowest BCUT2D eigenvalue weighted by Gasteiger charge is -2.27. The Morgan fingerprint density at radius 2 is 1.29 bits per heavy atom. The molecule has 1 N–H and O–H groups in total. The molecule has 0 atom stereocenters. The summed E-state index contributed by atoms with van der Waals surface area (Å²) in [5.74, 6) is -1.51. The maximum absolute atomic E-state index is 13.8. The van der Waals surface area contributed by atoms with Crippen molar-refractivity contribution in [2.24, 2.45) is 0 Å². The van der Waals surface area contributed by atoms with E-state index in [2.05, 4.69) is 86.3 Å². The molecule has 0 aliphatic rings. The van der Waals surface area contributed by atoms with Crippen LogP contribution in [0.2, 0.25) is 0 Å². The molecule has 41 heavy (non-hydrogen) atoms. The summed E-state index contributed by atoms with van der Waals surface area (Å²) in [6.45, 7) is 6.56. The maximum Gasteiger partial charge on any atom is 0.346 e. The summed E-state index contributed by atoms with van der Waals surface area (Å²) in [6.07, 6.45) is 1.40. The third-order valence-corrected chi connectivity index (χ3v) is 8.96. The van der Waals surface area contributed by atoms with E-state index in [-0.39, 0.29) is 16.8 Å². The molecular weight excluding hydrogens is 552 g/mol. The SMILES string of the molecule is CC(C)(C)c1ccc(N(c2ccc(F)cc2)c2ccc(-c3ccc(-c4ccc(/C=C(/C#N)C(=O)O)s4)s3)cc2)cc1. The van der Waals surface area contributed by atoms with Crippen LogP contribution in [0, 0.1) is 17.1 Å². The van der Waals surface area contributed by atoms with Crippen molar-refractivity contribution < 1.29 is 14.3 Å². The lowest BCUT2D eigenvalue weighted by molar-refractivity contribution is -0.132. The van der Waals surface area contributed by atoms with Crippen LogP contribution in [0.3, 0.4) is 0 Å². The van der Waals surface area contributed by atoms with Gasteiger partial charge in [0.05, 0.1) is 0 Å². The summed E-state index contributed by atoms with van der Waals surface area (Å²) < 4.78 is 13.8. The molecule has 5 rings (SSSR count). The summed E-state index contributed by atoms with van der Waals surface area (Å²) in [4.78, 5) is 17.2. The molecule has 0 bridgehead atoms. The second-order valence-corrected chi connectivity index (χ2v) is 12.7. The average molecular weight is 579 g/mol. The lowest BCUT2D eigenvalue weighted by atomic mass is 9.87. The number of thiophene rings is 2. The van der Waals surface area contributed by atoms with Gasteiger partial charge in [0, 0.05) is 36.6 Å². The first-order valence-corrected chi connectivity index (χ1v) is 14.6. The second-order valence-electron chi connectivity index (χ2n) is 10.5. The van der Waals surface area contributed by atoms with Crippen LogP contribution in [-0.4, -0.2) is 11.1 Å². The van der Waals surface area contributed by atoms with Gasteiger partial charge in [-0.25, -0.2) is 9.18 Å². The van der Waals surface area contributed by atoms with Gasteiger partial charge in [0.2, 0.25) is 0 Å². The number of nitriles is 1. The Kier molecular flexibility index (Phi) is 7.89. The molecule has 0 spiro atoms. The fraction of sp³-hybridized carbons (Fsp3) is 0.118. The molecule has 3 aromatic carbocycles. The Bertz CT molecular complexity index is 1750. The van der Waals surface area contributed by atoms with E-state index in [0.717, 1.165) is 42.1 Å². The minimum atomic E-state index is -1.23. The molecule has 5 aromatic rings. The van der Waals surface area contributed by atoms with Crippen LogP contribution in [-0.2, 0) is 10.2 Å². The molecule has 0 aliphatic heterocycles. The Morgan fingerprint density at radius 3 is 1.85 bits per heavy atom. The highest BCUT2D eigenvalue weighted by Gasteiger charge is 2.17. The predicted octanol–water partition coefficient (Wildman–Crippen LogP) is 10.0. The number of hydrogen-bond donors (Lipinski definition) is 1. The fourth-order valence-electron chi connectivity index (χ4n) is 4.40. The summed E-state index contributed by atoms with van der Waals surface area (Å²) >= 11 is 3.10. The predicted molar refractivity (Wildman–Crippen MR) is 168 cm³/mol. The number of anilines is 3. The van der Waals surface area contributed by atoms with E-state index in [1.165, 1.54) is 35.1 Å². The zero-order valence-electron chi connectivity index (χ0n) is 22.8. The van der Waals surface area contributed by atoms with Gasteiger partial charge in [-0.3, -0.25) is 0 Å². The number of hydrogen-bond acceptors (Lipinski definition) is 5. The third kappa shape index (κ3) is 6.30. The van der Waals surface area contributed by atoms with Gasteiger partial charge in [-0.1, -0.05) is 45.0 Å². The minimum absolute atomic E-state index is 0.0415. The van der Waals surface area contributed by atoms with E-state index in [0.29, 0.717) is 0 Å². The molecule has 0 aliphatic carbocycles. The molecule has 0 amide bonds. The van der Waals surface area contributed by atoms with Gasteiger partial charge in [0.1, 0.15) is 17.5 Å². The van der Waals surface area contributed by atoms with Crippen LogP contribution < -0.4 is 4.90 Å². The maximum atomic E-state index is 13.8. The lowest BCUT2D eigenvalue weighted by Crippen LogP contribution is -2.13. The van der Waals surface area contributed by atoms with Crippen LogP contribution >= 0.6 is 22.7 Å². The van der Waals surface area contributed by atoms with Gasteiger partial charge < -0.3 is 10.0 Å². The first-order chi connectivity index (χ1) is 19.6. The highest BCUT2D eigenvalue weighted by Crippen LogP contribution is 2.40. The summed E-state index contributed by atoms with van der Waals surface area (Å²) in [7, 11) is 0. The second kappa shape index (κ2) is 11.5. The normalized spacial score (nSPS) is 11.7.